The quantitative estimate of drug-likeness (QED) is 0.133. The predicted octanol–water partition coefficient (Wildman–Crippen LogP) is 3.95. The molecule has 0 saturated carbocycles. The molecular formula is C14H20Br2O3. The summed E-state index contributed by atoms with van der Waals surface area (Å²) in [5.41, 5.74) is 0.627. The number of halogens is 2. The molecule has 0 N–H and O–H groups in total. The summed E-state index contributed by atoms with van der Waals surface area (Å²) >= 11 is 6.71. The van der Waals surface area contributed by atoms with Crippen LogP contribution >= 0.6 is 31.9 Å². The van der Waals surface area contributed by atoms with Gasteiger partial charge >= 0.3 is 5.97 Å². The standard InChI is InChI=1S/C14H20Br2O3/c15-9-5-1-3-7-13(8-4-2-6-10-16)14(18)19-12-11-17/h1,3,8,11H,2,4-7,9-10,12H2/b3-1-,13-8+. The van der Waals surface area contributed by atoms with Crippen LogP contribution in [0.25, 0.3) is 0 Å². The lowest BCUT2D eigenvalue weighted by Crippen LogP contribution is -2.09. The van der Waals surface area contributed by atoms with Crippen molar-refractivity contribution >= 4 is 44.1 Å². The Kier molecular flexibility index (Phi) is 13.7. The van der Waals surface area contributed by atoms with E-state index in [-0.39, 0.29) is 6.61 Å². The molecule has 0 aromatic carbocycles. The van der Waals surface area contributed by atoms with E-state index in [0.29, 0.717) is 18.3 Å². The normalized spacial score (nSPS) is 11.8. The lowest BCUT2D eigenvalue weighted by atomic mass is 10.1. The first kappa shape index (κ1) is 18.6. The van der Waals surface area contributed by atoms with E-state index >= 15 is 0 Å². The summed E-state index contributed by atoms with van der Waals surface area (Å²) in [6, 6.07) is 0. The number of carbonyl (C=O) groups is 2. The average Bonchev–Trinajstić information content (AvgIpc) is 2.43. The fraction of sp³-hybridized carbons (Fsp3) is 0.571. The van der Waals surface area contributed by atoms with Crippen LogP contribution in [0.3, 0.4) is 0 Å². The number of carbonyl (C=O) groups excluding carboxylic acids is 2. The van der Waals surface area contributed by atoms with Crippen LogP contribution < -0.4 is 0 Å². The Balaban J connectivity index is 4.35. The maximum absolute atomic E-state index is 11.7. The van der Waals surface area contributed by atoms with Gasteiger partial charge < -0.3 is 4.74 Å². The van der Waals surface area contributed by atoms with Gasteiger partial charge in [0.15, 0.2) is 6.29 Å². The van der Waals surface area contributed by atoms with Gasteiger partial charge in [0.25, 0.3) is 0 Å². The van der Waals surface area contributed by atoms with E-state index in [1.54, 1.807) is 0 Å². The molecule has 108 valence electrons. The van der Waals surface area contributed by atoms with Gasteiger partial charge in [0.2, 0.25) is 0 Å². The molecule has 0 spiro atoms. The molecule has 19 heavy (non-hydrogen) atoms. The maximum Gasteiger partial charge on any atom is 0.334 e. The topological polar surface area (TPSA) is 43.4 Å². The molecular weight excluding hydrogens is 376 g/mol. The smallest absolute Gasteiger partial charge is 0.334 e. The van der Waals surface area contributed by atoms with Crippen LogP contribution in [0, 0.1) is 0 Å². The fourth-order valence-electron chi connectivity index (χ4n) is 1.36. The van der Waals surface area contributed by atoms with Gasteiger partial charge in [-0.15, -0.1) is 0 Å². The van der Waals surface area contributed by atoms with Crippen LogP contribution in [0.4, 0.5) is 0 Å². The highest BCUT2D eigenvalue weighted by Gasteiger charge is 2.08. The summed E-state index contributed by atoms with van der Waals surface area (Å²) in [6.07, 6.45) is 10.9. The Bertz CT molecular complexity index is 312. The number of ether oxygens (including phenoxy) is 1. The molecule has 0 aliphatic rings. The van der Waals surface area contributed by atoms with E-state index in [1.807, 2.05) is 18.2 Å². The maximum atomic E-state index is 11.7. The van der Waals surface area contributed by atoms with Gasteiger partial charge in [-0.3, -0.25) is 4.79 Å². The zero-order valence-corrected chi connectivity index (χ0v) is 14.1. The third-order valence-corrected chi connectivity index (χ3v) is 3.32. The van der Waals surface area contributed by atoms with Gasteiger partial charge in [-0.05, 0) is 32.1 Å². The van der Waals surface area contributed by atoms with Gasteiger partial charge in [0, 0.05) is 16.2 Å². The Morgan fingerprint density at radius 2 is 1.84 bits per heavy atom. The van der Waals surface area contributed by atoms with Crippen molar-refractivity contribution in [2.75, 3.05) is 17.3 Å². The Labute approximate surface area is 131 Å². The second-order valence-corrected chi connectivity index (χ2v) is 5.42. The summed E-state index contributed by atoms with van der Waals surface area (Å²) in [4.78, 5) is 21.9. The number of allylic oxidation sites excluding steroid dienone is 3. The van der Waals surface area contributed by atoms with Gasteiger partial charge in [-0.2, -0.15) is 0 Å². The molecule has 0 aromatic heterocycles. The summed E-state index contributed by atoms with van der Waals surface area (Å²) in [6.45, 7) is -0.178. The largest absolute Gasteiger partial charge is 0.455 e. The van der Waals surface area contributed by atoms with E-state index in [9.17, 15) is 9.59 Å². The number of esters is 1. The molecule has 0 unspecified atom stereocenters. The molecule has 0 rings (SSSR count). The summed E-state index contributed by atoms with van der Waals surface area (Å²) in [5, 5.41) is 1.88. The third-order valence-electron chi connectivity index (χ3n) is 2.30. The minimum absolute atomic E-state index is 0.178. The first-order valence-corrected chi connectivity index (χ1v) is 8.57. The number of aldehydes is 1. The molecule has 0 aromatic rings. The monoisotopic (exact) mass is 394 g/mol. The highest BCUT2D eigenvalue weighted by molar-refractivity contribution is 9.09. The first-order valence-electron chi connectivity index (χ1n) is 6.33. The minimum atomic E-state index is -0.394. The Morgan fingerprint density at radius 1 is 1.05 bits per heavy atom. The van der Waals surface area contributed by atoms with E-state index < -0.39 is 5.97 Å². The first-order chi connectivity index (χ1) is 9.26. The fourth-order valence-corrected chi connectivity index (χ4v) is 2.02. The molecule has 0 aliphatic carbocycles. The van der Waals surface area contributed by atoms with Crippen molar-refractivity contribution in [1.82, 2.24) is 0 Å². The third kappa shape index (κ3) is 11.1. The van der Waals surface area contributed by atoms with Crippen LogP contribution in [0.5, 0.6) is 0 Å². The molecule has 0 aliphatic heterocycles. The van der Waals surface area contributed by atoms with Crippen LogP contribution in [0.1, 0.15) is 32.1 Å². The van der Waals surface area contributed by atoms with E-state index in [0.717, 1.165) is 36.3 Å². The lowest BCUT2D eigenvalue weighted by Gasteiger charge is -2.04. The SMILES string of the molecule is O=CCOC(=O)/C(=C/CCCCBr)C/C=C\CCBr. The zero-order valence-electron chi connectivity index (χ0n) is 10.9. The van der Waals surface area contributed by atoms with Crippen molar-refractivity contribution < 1.29 is 14.3 Å². The molecule has 0 atom stereocenters. The lowest BCUT2D eigenvalue weighted by molar-refractivity contribution is -0.141. The summed E-state index contributed by atoms with van der Waals surface area (Å²) < 4.78 is 4.84. The van der Waals surface area contributed by atoms with Crippen LogP contribution in [0.2, 0.25) is 0 Å². The average molecular weight is 396 g/mol. The number of hydrogen-bond donors (Lipinski definition) is 0. The predicted molar refractivity (Wildman–Crippen MR) is 84.9 cm³/mol. The molecule has 0 amide bonds. The van der Waals surface area contributed by atoms with Gasteiger partial charge in [-0.25, -0.2) is 4.79 Å². The number of rotatable bonds is 11. The van der Waals surface area contributed by atoms with Gasteiger partial charge in [0.05, 0.1) is 0 Å². The van der Waals surface area contributed by atoms with E-state index in [2.05, 4.69) is 31.9 Å². The second kappa shape index (κ2) is 14.0. The summed E-state index contributed by atoms with van der Waals surface area (Å²) in [7, 11) is 0. The van der Waals surface area contributed by atoms with Crippen LogP contribution in [-0.4, -0.2) is 29.5 Å². The van der Waals surface area contributed by atoms with Crippen LogP contribution in [-0.2, 0) is 14.3 Å². The molecule has 0 fully saturated rings. The second-order valence-electron chi connectivity index (χ2n) is 3.83. The number of hydrogen-bond acceptors (Lipinski definition) is 3. The Hall–Kier alpha value is -0.420. The molecule has 0 saturated heterocycles. The van der Waals surface area contributed by atoms with Crippen molar-refractivity contribution in [3.63, 3.8) is 0 Å². The Morgan fingerprint density at radius 3 is 2.47 bits per heavy atom. The van der Waals surface area contributed by atoms with Crippen molar-refractivity contribution in [1.29, 1.82) is 0 Å². The highest BCUT2D eigenvalue weighted by atomic mass is 79.9. The molecule has 0 heterocycles. The van der Waals surface area contributed by atoms with Gasteiger partial charge in [-0.1, -0.05) is 50.1 Å². The molecule has 0 radical (unpaired) electrons. The molecule has 3 nitrogen and oxygen atoms in total. The molecule has 0 bridgehead atoms. The van der Waals surface area contributed by atoms with Crippen molar-refractivity contribution in [3.05, 3.63) is 23.8 Å². The molecule has 5 heteroatoms. The van der Waals surface area contributed by atoms with Crippen molar-refractivity contribution in [3.8, 4) is 0 Å². The van der Waals surface area contributed by atoms with Crippen molar-refractivity contribution in [2.24, 2.45) is 0 Å². The van der Waals surface area contributed by atoms with Crippen LogP contribution in [0.15, 0.2) is 23.8 Å². The summed E-state index contributed by atoms with van der Waals surface area (Å²) in [5.74, 6) is -0.394. The van der Waals surface area contributed by atoms with E-state index in [4.69, 9.17) is 4.74 Å². The van der Waals surface area contributed by atoms with Crippen molar-refractivity contribution in [2.45, 2.75) is 32.1 Å². The van der Waals surface area contributed by atoms with E-state index in [1.165, 1.54) is 0 Å². The minimum Gasteiger partial charge on any atom is -0.455 e. The number of alkyl halides is 2. The van der Waals surface area contributed by atoms with Gasteiger partial charge in [0.1, 0.15) is 6.61 Å². The highest BCUT2D eigenvalue weighted by Crippen LogP contribution is 2.10. The number of unbranched alkanes of at least 4 members (excludes halogenated alkanes) is 2. The zero-order chi connectivity index (χ0) is 14.3.